The van der Waals surface area contributed by atoms with Crippen LogP contribution in [-0.4, -0.2) is 38.4 Å². The van der Waals surface area contributed by atoms with Crippen LogP contribution in [0, 0.1) is 13.8 Å². The monoisotopic (exact) mass is 310 g/mol. The van der Waals surface area contributed by atoms with E-state index in [2.05, 4.69) is 4.72 Å². The van der Waals surface area contributed by atoms with Crippen molar-refractivity contribution in [3.05, 3.63) is 29.3 Å². The van der Waals surface area contributed by atoms with Crippen molar-refractivity contribution in [3.8, 4) is 0 Å². The highest BCUT2D eigenvalue weighted by atomic mass is 32.2. The summed E-state index contributed by atoms with van der Waals surface area (Å²) in [7, 11) is -3.54. The third-order valence-electron chi connectivity index (χ3n) is 3.69. The molecule has 1 amide bonds. The second-order valence-electron chi connectivity index (χ2n) is 5.75. The minimum atomic E-state index is -3.54. The summed E-state index contributed by atoms with van der Waals surface area (Å²) < 4.78 is 27.7. The van der Waals surface area contributed by atoms with Gasteiger partial charge in [-0.05, 0) is 49.9 Å². The lowest BCUT2D eigenvalue weighted by Gasteiger charge is -2.32. The van der Waals surface area contributed by atoms with E-state index >= 15 is 0 Å². The molecule has 0 aliphatic carbocycles. The van der Waals surface area contributed by atoms with Gasteiger partial charge in [-0.25, -0.2) is 13.1 Å². The van der Waals surface area contributed by atoms with Crippen LogP contribution in [0.2, 0.25) is 0 Å². The first-order chi connectivity index (χ1) is 9.78. The highest BCUT2D eigenvalue weighted by Gasteiger charge is 2.26. The van der Waals surface area contributed by atoms with Crippen molar-refractivity contribution in [2.75, 3.05) is 13.1 Å². The van der Waals surface area contributed by atoms with Crippen LogP contribution < -0.4 is 4.72 Å². The van der Waals surface area contributed by atoms with E-state index in [1.165, 1.54) is 6.92 Å². The van der Waals surface area contributed by atoms with E-state index in [-0.39, 0.29) is 11.9 Å². The molecule has 1 aromatic carbocycles. The SMILES string of the molecule is CC(=O)N1CCC[C@H](NS(=O)(=O)c2cc(C)cc(C)c2)C1. The molecule has 1 aliphatic rings. The van der Waals surface area contributed by atoms with Crippen molar-refractivity contribution in [3.63, 3.8) is 0 Å². The summed E-state index contributed by atoms with van der Waals surface area (Å²) in [4.78, 5) is 13.4. The number of benzene rings is 1. The van der Waals surface area contributed by atoms with Gasteiger partial charge in [0.05, 0.1) is 4.90 Å². The molecule has 0 unspecified atom stereocenters. The van der Waals surface area contributed by atoms with Gasteiger partial charge in [0, 0.05) is 26.1 Å². The molecule has 0 spiro atoms. The predicted molar refractivity (Wildman–Crippen MR) is 81.5 cm³/mol. The zero-order chi connectivity index (χ0) is 15.6. The van der Waals surface area contributed by atoms with E-state index in [9.17, 15) is 13.2 Å². The van der Waals surface area contributed by atoms with Crippen LogP contribution in [0.4, 0.5) is 0 Å². The fourth-order valence-corrected chi connectivity index (χ4v) is 4.18. The molecule has 0 aromatic heterocycles. The van der Waals surface area contributed by atoms with E-state index in [4.69, 9.17) is 0 Å². The first-order valence-corrected chi connectivity index (χ1v) is 8.62. The molecule has 1 aromatic rings. The number of aryl methyl sites for hydroxylation is 2. The molecule has 0 bridgehead atoms. The van der Waals surface area contributed by atoms with E-state index < -0.39 is 10.0 Å². The van der Waals surface area contributed by atoms with E-state index in [0.717, 1.165) is 24.0 Å². The summed E-state index contributed by atoms with van der Waals surface area (Å²) in [5.74, 6) is -0.00898. The van der Waals surface area contributed by atoms with Crippen molar-refractivity contribution < 1.29 is 13.2 Å². The van der Waals surface area contributed by atoms with Crippen LogP contribution in [0.1, 0.15) is 30.9 Å². The second-order valence-corrected chi connectivity index (χ2v) is 7.46. The van der Waals surface area contributed by atoms with Gasteiger partial charge >= 0.3 is 0 Å². The fraction of sp³-hybridized carbons (Fsp3) is 0.533. The van der Waals surface area contributed by atoms with E-state index in [1.807, 2.05) is 19.9 Å². The molecule has 1 N–H and O–H groups in total. The Morgan fingerprint density at radius 1 is 1.24 bits per heavy atom. The molecular weight excluding hydrogens is 288 g/mol. The molecule has 1 aliphatic heterocycles. The molecular formula is C15H22N2O3S. The summed E-state index contributed by atoms with van der Waals surface area (Å²) in [6, 6.07) is 5.06. The lowest BCUT2D eigenvalue weighted by Crippen LogP contribution is -2.48. The van der Waals surface area contributed by atoms with Gasteiger partial charge in [-0.3, -0.25) is 4.79 Å². The van der Waals surface area contributed by atoms with Gasteiger partial charge in [-0.2, -0.15) is 0 Å². The van der Waals surface area contributed by atoms with Gasteiger partial charge in [0.15, 0.2) is 0 Å². The topological polar surface area (TPSA) is 66.5 Å². The van der Waals surface area contributed by atoms with E-state index in [0.29, 0.717) is 18.0 Å². The molecule has 21 heavy (non-hydrogen) atoms. The molecule has 2 rings (SSSR count). The Labute approximate surface area is 126 Å². The molecule has 1 atom stereocenters. The lowest BCUT2D eigenvalue weighted by molar-refractivity contribution is -0.130. The highest BCUT2D eigenvalue weighted by Crippen LogP contribution is 2.17. The number of hydrogen-bond donors (Lipinski definition) is 1. The quantitative estimate of drug-likeness (QED) is 0.922. The average Bonchev–Trinajstić information content (AvgIpc) is 2.37. The van der Waals surface area contributed by atoms with Gasteiger partial charge in [0.2, 0.25) is 15.9 Å². The Balaban J connectivity index is 2.15. The zero-order valence-corrected chi connectivity index (χ0v) is 13.5. The number of rotatable bonds is 3. The Hall–Kier alpha value is -1.40. The second kappa shape index (κ2) is 6.15. The van der Waals surface area contributed by atoms with Gasteiger partial charge < -0.3 is 4.90 Å². The summed E-state index contributed by atoms with van der Waals surface area (Å²) in [5, 5.41) is 0. The number of carbonyl (C=O) groups excluding carboxylic acids is 1. The van der Waals surface area contributed by atoms with Crippen molar-refractivity contribution in [2.45, 2.75) is 44.6 Å². The number of sulfonamides is 1. The van der Waals surface area contributed by atoms with E-state index in [1.54, 1.807) is 17.0 Å². The molecule has 1 heterocycles. The van der Waals surface area contributed by atoms with Crippen LogP contribution in [0.25, 0.3) is 0 Å². The molecule has 0 saturated carbocycles. The summed E-state index contributed by atoms with van der Waals surface area (Å²) in [6.45, 7) is 6.42. The van der Waals surface area contributed by atoms with Crippen LogP contribution >= 0.6 is 0 Å². The number of piperidine rings is 1. The van der Waals surface area contributed by atoms with Crippen LogP contribution in [0.3, 0.4) is 0 Å². The smallest absolute Gasteiger partial charge is 0.240 e. The third kappa shape index (κ3) is 4.04. The van der Waals surface area contributed by atoms with Crippen LogP contribution in [0.15, 0.2) is 23.1 Å². The Morgan fingerprint density at radius 3 is 2.43 bits per heavy atom. The van der Waals surface area contributed by atoms with Gasteiger partial charge in [0.25, 0.3) is 0 Å². The van der Waals surface area contributed by atoms with Gasteiger partial charge in [-0.1, -0.05) is 6.07 Å². The largest absolute Gasteiger partial charge is 0.341 e. The maximum absolute atomic E-state index is 12.5. The standard InChI is InChI=1S/C15H22N2O3S/c1-11-7-12(2)9-15(8-11)21(19,20)16-14-5-4-6-17(10-14)13(3)18/h7-9,14,16H,4-6,10H2,1-3H3/t14-/m0/s1. The molecule has 116 valence electrons. The molecule has 1 fully saturated rings. The number of amides is 1. The number of hydrogen-bond acceptors (Lipinski definition) is 3. The van der Waals surface area contributed by atoms with Crippen molar-refractivity contribution in [2.24, 2.45) is 0 Å². The zero-order valence-electron chi connectivity index (χ0n) is 12.7. The summed E-state index contributed by atoms with van der Waals surface area (Å²) in [6.07, 6.45) is 1.58. The molecule has 5 nitrogen and oxygen atoms in total. The van der Waals surface area contributed by atoms with Crippen molar-refractivity contribution in [1.82, 2.24) is 9.62 Å². The lowest BCUT2D eigenvalue weighted by atomic mass is 10.1. The fourth-order valence-electron chi connectivity index (χ4n) is 2.73. The molecule has 0 radical (unpaired) electrons. The minimum absolute atomic E-state index is 0.00898. The summed E-state index contributed by atoms with van der Waals surface area (Å²) in [5.41, 5.74) is 1.84. The Kier molecular flexibility index (Phi) is 4.68. The molecule has 1 saturated heterocycles. The Morgan fingerprint density at radius 2 is 1.86 bits per heavy atom. The first-order valence-electron chi connectivity index (χ1n) is 7.14. The number of carbonyl (C=O) groups is 1. The third-order valence-corrected chi connectivity index (χ3v) is 5.19. The van der Waals surface area contributed by atoms with Gasteiger partial charge in [-0.15, -0.1) is 0 Å². The highest BCUT2D eigenvalue weighted by molar-refractivity contribution is 7.89. The summed E-state index contributed by atoms with van der Waals surface area (Å²) >= 11 is 0. The van der Waals surface area contributed by atoms with Crippen molar-refractivity contribution in [1.29, 1.82) is 0 Å². The number of nitrogens with one attached hydrogen (secondary N) is 1. The van der Waals surface area contributed by atoms with Crippen molar-refractivity contribution >= 4 is 15.9 Å². The normalized spacial score (nSPS) is 19.6. The maximum Gasteiger partial charge on any atom is 0.240 e. The van der Waals surface area contributed by atoms with Crippen LogP contribution in [0.5, 0.6) is 0 Å². The molecule has 6 heteroatoms. The van der Waals surface area contributed by atoms with Crippen LogP contribution in [-0.2, 0) is 14.8 Å². The van der Waals surface area contributed by atoms with Gasteiger partial charge in [0.1, 0.15) is 0 Å². The number of likely N-dealkylation sites (tertiary alicyclic amines) is 1. The first kappa shape index (κ1) is 16.0. The predicted octanol–water partition coefficient (Wildman–Crippen LogP) is 1.59. The Bertz CT molecular complexity index is 620. The maximum atomic E-state index is 12.5. The minimum Gasteiger partial charge on any atom is -0.341 e. The number of nitrogens with zero attached hydrogens (tertiary/aromatic N) is 1. The average molecular weight is 310 g/mol.